The van der Waals surface area contributed by atoms with Crippen LogP contribution in [0.15, 0.2) is 48.5 Å². The molecule has 2 heterocycles. The third kappa shape index (κ3) is 3.77. The van der Waals surface area contributed by atoms with E-state index in [1.165, 1.54) is 5.56 Å². The molecule has 1 aliphatic rings. The Morgan fingerprint density at radius 3 is 2.41 bits per heavy atom. The number of carbonyl (C=O) groups excluding carboxylic acids is 1. The molecule has 0 spiro atoms. The Hall–Kier alpha value is -2.73. The molecule has 1 aliphatic heterocycles. The first-order valence-corrected chi connectivity index (χ1v) is 11.2. The van der Waals surface area contributed by atoms with E-state index in [1.54, 1.807) is 4.68 Å². The van der Waals surface area contributed by atoms with Gasteiger partial charge in [0.05, 0.1) is 22.9 Å². The lowest BCUT2D eigenvalue weighted by atomic mass is 9.87. The van der Waals surface area contributed by atoms with Crippen molar-refractivity contribution in [2.75, 3.05) is 5.32 Å². The molecule has 0 radical (unpaired) electrons. The summed E-state index contributed by atoms with van der Waals surface area (Å²) in [7, 11) is -0.968. The highest BCUT2D eigenvalue weighted by Gasteiger charge is 2.29. The van der Waals surface area contributed by atoms with Gasteiger partial charge in [0.25, 0.3) is 5.91 Å². The Kier molecular flexibility index (Phi) is 4.90. The molecule has 29 heavy (non-hydrogen) atoms. The molecule has 5 nitrogen and oxygen atoms in total. The number of fused-ring (bicyclic) bond motifs is 1. The van der Waals surface area contributed by atoms with Crippen LogP contribution in [0.1, 0.15) is 53.5 Å². The molecule has 1 aromatic heterocycles. The number of amides is 1. The standard InChI is InChI=1S/C23H25N3O2S/c1-15-7-5-6-8-20(15)26-21(18-13-29(28)14-19(18)25-26)24-22(27)16-9-11-17(12-10-16)23(2,3)4/h5-12H,13-14H2,1-4H3,(H,24,27)/t29-/m0/s1. The summed E-state index contributed by atoms with van der Waals surface area (Å²) in [6.07, 6.45) is 0. The van der Waals surface area contributed by atoms with Gasteiger partial charge in [-0.1, -0.05) is 51.1 Å². The maximum atomic E-state index is 13.0. The number of hydrogen-bond donors (Lipinski definition) is 1. The van der Waals surface area contributed by atoms with Gasteiger partial charge in [0.15, 0.2) is 0 Å². The van der Waals surface area contributed by atoms with Crippen molar-refractivity contribution >= 4 is 22.5 Å². The zero-order valence-corrected chi connectivity index (χ0v) is 18.0. The van der Waals surface area contributed by atoms with E-state index in [4.69, 9.17) is 0 Å². The Balaban J connectivity index is 1.70. The fraction of sp³-hybridized carbons (Fsp3) is 0.304. The molecule has 0 aliphatic carbocycles. The predicted molar refractivity (Wildman–Crippen MR) is 117 cm³/mol. The number of rotatable bonds is 3. The third-order valence-electron chi connectivity index (χ3n) is 5.26. The number of nitrogens with zero attached hydrogens (tertiary/aromatic N) is 2. The molecule has 0 saturated heterocycles. The summed E-state index contributed by atoms with van der Waals surface area (Å²) in [6, 6.07) is 15.6. The summed E-state index contributed by atoms with van der Waals surface area (Å²) in [5, 5.41) is 7.71. The zero-order valence-electron chi connectivity index (χ0n) is 17.2. The number of carbonyl (C=O) groups is 1. The number of benzene rings is 2. The molecule has 0 bridgehead atoms. The van der Waals surface area contributed by atoms with E-state index in [-0.39, 0.29) is 11.3 Å². The normalized spacial score (nSPS) is 15.9. The van der Waals surface area contributed by atoms with E-state index in [0.717, 1.165) is 22.5 Å². The Morgan fingerprint density at radius 1 is 1.07 bits per heavy atom. The number of anilines is 1. The second-order valence-corrected chi connectivity index (χ2v) is 9.94. The fourth-order valence-corrected chi connectivity index (χ4v) is 4.80. The molecule has 150 valence electrons. The van der Waals surface area contributed by atoms with Gasteiger partial charge in [-0.05, 0) is 41.7 Å². The summed E-state index contributed by atoms with van der Waals surface area (Å²) in [6.45, 7) is 8.45. The van der Waals surface area contributed by atoms with Crippen LogP contribution in [0.3, 0.4) is 0 Å². The lowest BCUT2D eigenvalue weighted by Crippen LogP contribution is -2.17. The van der Waals surface area contributed by atoms with Crippen LogP contribution in [-0.4, -0.2) is 19.9 Å². The van der Waals surface area contributed by atoms with Crippen LogP contribution in [0, 0.1) is 6.92 Å². The Bertz CT molecular complexity index is 1110. The molecular weight excluding hydrogens is 382 g/mol. The highest BCUT2D eigenvalue weighted by atomic mass is 32.2. The van der Waals surface area contributed by atoms with Gasteiger partial charge in [0.1, 0.15) is 5.82 Å². The van der Waals surface area contributed by atoms with Gasteiger partial charge in [-0.15, -0.1) is 0 Å². The van der Waals surface area contributed by atoms with Crippen LogP contribution in [0.5, 0.6) is 0 Å². The Labute approximate surface area is 173 Å². The predicted octanol–water partition coefficient (Wildman–Crippen LogP) is 4.49. The molecule has 0 unspecified atom stereocenters. The van der Waals surface area contributed by atoms with E-state index in [2.05, 4.69) is 31.2 Å². The Morgan fingerprint density at radius 2 is 1.76 bits per heavy atom. The topological polar surface area (TPSA) is 64.0 Å². The van der Waals surface area contributed by atoms with Gasteiger partial charge in [0, 0.05) is 21.9 Å². The molecular formula is C23H25N3O2S. The van der Waals surface area contributed by atoms with Gasteiger partial charge in [-0.2, -0.15) is 5.10 Å². The van der Waals surface area contributed by atoms with E-state index in [0.29, 0.717) is 22.9 Å². The third-order valence-corrected chi connectivity index (χ3v) is 6.46. The summed E-state index contributed by atoms with van der Waals surface area (Å²) in [5.74, 6) is 1.27. The van der Waals surface area contributed by atoms with E-state index in [9.17, 15) is 9.00 Å². The quantitative estimate of drug-likeness (QED) is 0.696. The maximum absolute atomic E-state index is 13.0. The fourth-order valence-electron chi connectivity index (χ4n) is 3.53. The van der Waals surface area contributed by atoms with Gasteiger partial charge in [-0.25, -0.2) is 4.68 Å². The zero-order chi connectivity index (χ0) is 20.8. The number of aryl methyl sites for hydroxylation is 1. The first-order valence-electron chi connectivity index (χ1n) is 9.67. The minimum atomic E-state index is -0.968. The van der Waals surface area contributed by atoms with Crippen LogP contribution in [0.2, 0.25) is 0 Å². The smallest absolute Gasteiger partial charge is 0.256 e. The molecule has 0 fully saturated rings. The van der Waals surface area contributed by atoms with Gasteiger partial charge in [-0.3, -0.25) is 9.00 Å². The number of aromatic nitrogens is 2. The van der Waals surface area contributed by atoms with Crippen molar-refractivity contribution in [2.24, 2.45) is 0 Å². The second kappa shape index (κ2) is 7.26. The van der Waals surface area contributed by atoms with Crippen molar-refractivity contribution in [3.05, 3.63) is 76.5 Å². The van der Waals surface area contributed by atoms with Gasteiger partial charge >= 0.3 is 0 Å². The van der Waals surface area contributed by atoms with Gasteiger partial charge < -0.3 is 5.32 Å². The minimum Gasteiger partial charge on any atom is -0.306 e. The lowest BCUT2D eigenvalue weighted by Gasteiger charge is -2.19. The van der Waals surface area contributed by atoms with E-state index < -0.39 is 10.8 Å². The van der Waals surface area contributed by atoms with Crippen molar-refractivity contribution in [1.29, 1.82) is 0 Å². The largest absolute Gasteiger partial charge is 0.306 e. The van der Waals surface area contributed by atoms with Crippen molar-refractivity contribution in [1.82, 2.24) is 9.78 Å². The lowest BCUT2D eigenvalue weighted by molar-refractivity contribution is 0.102. The van der Waals surface area contributed by atoms with Crippen LogP contribution < -0.4 is 5.32 Å². The molecule has 0 saturated carbocycles. The highest BCUT2D eigenvalue weighted by Crippen LogP contribution is 2.32. The first kappa shape index (κ1) is 19.6. The first-order chi connectivity index (χ1) is 13.7. The SMILES string of the molecule is Cc1ccccc1-n1nc2c(c1NC(=O)c1ccc(C(C)(C)C)cc1)C[S@](=O)C2. The molecule has 6 heteroatoms. The second-order valence-electron chi connectivity index (χ2n) is 8.48. The van der Waals surface area contributed by atoms with E-state index in [1.807, 2.05) is 55.5 Å². The molecule has 3 aromatic rings. The summed E-state index contributed by atoms with van der Waals surface area (Å²) in [4.78, 5) is 13.0. The number of para-hydroxylation sites is 1. The van der Waals surface area contributed by atoms with Crippen LogP contribution in [-0.2, 0) is 27.7 Å². The van der Waals surface area contributed by atoms with Crippen LogP contribution in [0.25, 0.3) is 5.69 Å². The maximum Gasteiger partial charge on any atom is 0.256 e. The molecule has 1 atom stereocenters. The van der Waals surface area contributed by atoms with Crippen molar-refractivity contribution in [3.63, 3.8) is 0 Å². The highest BCUT2D eigenvalue weighted by molar-refractivity contribution is 7.83. The number of hydrogen-bond acceptors (Lipinski definition) is 3. The number of nitrogens with one attached hydrogen (secondary N) is 1. The van der Waals surface area contributed by atoms with Crippen molar-refractivity contribution in [3.8, 4) is 5.69 Å². The molecule has 1 amide bonds. The van der Waals surface area contributed by atoms with Gasteiger partial charge in [0.2, 0.25) is 0 Å². The molecule has 1 N–H and O–H groups in total. The molecule has 2 aromatic carbocycles. The summed E-state index contributed by atoms with van der Waals surface area (Å²) in [5.41, 5.74) is 5.42. The summed E-state index contributed by atoms with van der Waals surface area (Å²) < 4.78 is 13.8. The minimum absolute atomic E-state index is 0.0311. The average Bonchev–Trinajstić information content (AvgIpc) is 3.18. The monoisotopic (exact) mass is 407 g/mol. The summed E-state index contributed by atoms with van der Waals surface area (Å²) >= 11 is 0. The van der Waals surface area contributed by atoms with Crippen LogP contribution in [0.4, 0.5) is 5.82 Å². The van der Waals surface area contributed by atoms with Crippen molar-refractivity contribution < 1.29 is 9.00 Å². The van der Waals surface area contributed by atoms with E-state index >= 15 is 0 Å². The van der Waals surface area contributed by atoms with Crippen LogP contribution >= 0.6 is 0 Å². The average molecular weight is 408 g/mol. The van der Waals surface area contributed by atoms with Crippen molar-refractivity contribution in [2.45, 2.75) is 44.6 Å². The molecule has 4 rings (SSSR count).